The van der Waals surface area contributed by atoms with Gasteiger partial charge in [-0.05, 0) is 111 Å². The molecule has 66 heavy (non-hydrogen) atoms. The number of hydrogen-bond acceptors (Lipinski definition) is 3. The Morgan fingerprint density at radius 3 is 1.88 bits per heavy atom. The van der Waals surface area contributed by atoms with Crippen LogP contribution in [-0.4, -0.2) is 14.8 Å². The lowest BCUT2D eigenvalue weighted by Crippen LogP contribution is -2.29. The van der Waals surface area contributed by atoms with E-state index in [4.69, 9.17) is 9.41 Å². The Kier molecular flexibility index (Phi) is 7.74. The van der Waals surface area contributed by atoms with Gasteiger partial charge < -0.3 is 18.9 Å². The van der Waals surface area contributed by atoms with Crippen molar-refractivity contribution in [1.29, 1.82) is 0 Å². The zero-order chi connectivity index (χ0) is 43.7. The largest absolute Gasteiger partial charge is 0.456 e. The Labute approximate surface area is 381 Å². The molecule has 0 bridgehead atoms. The molecule has 5 heteroatoms. The first-order chi connectivity index (χ1) is 32.5. The van der Waals surface area contributed by atoms with Gasteiger partial charge in [0.15, 0.2) is 0 Å². The molecule has 5 nitrogen and oxygen atoms in total. The Bertz CT molecular complexity index is 4040. The van der Waals surface area contributed by atoms with E-state index in [1.54, 1.807) is 0 Å². The second-order valence-corrected chi connectivity index (χ2v) is 18.4. The number of benzene rings is 9. The molecule has 0 saturated heterocycles. The van der Waals surface area contributed by atoms with Gasteiger partial charge in [0, 0.05) is 55.2 Å². The summed E-state index contributed by atoms with van der Waals surface area (Å²) in [5, 5.41) is 11.0. The number of rotatable bonds is 5. The molecule has 312 valence electrons. The summed E-state index contributed by atoms with van der Waals surface area (Å²) in [6.45, 7) is 4.72. The lowest BCUT2D eigenvalue weighted by Gasteiger charge is -2.27. The lowest BCUT2D eigenvalue weighted by atomic mass is 9.82. The Morgan fingerprint density at radius 1 is 0.455 bits per heavy atom. The molecule has 0 radical (unpaired) electrons. The molecule has 4 heterocycles. The smallest absolute Gasteiger partial charge is 0.201 e. The van der Waals surface area contributed by atoms with Gasteiger partial charge in [-0.2, -0.15) is 0 Å². The number of aliphatic imine (C=N–C) groups is 1. The summed E-state index contributed by atoms with van der Waals surface area (Å²) >= 11 is 0. The molecule has 9 aromatic carbocycles. The van der Waals surface area contributed by atoms with E-state index in [1.165, 1.54) is 43.8 Å². The first kappa shape index (κ1) is 37.0. The summed E-state index contributed by atoms with van der Waals surface area (Å²) in [6, 6.07) is 72.5. The van der Waals surface area contributed by atoms with E-state index >= 15 is 0 Å². The van der Waals surface area contributed by atoms with Crippen LogP contribution in [-0.2, 0) is 5.41 Å². The van der Waals surface area contributed by atoms with Crippen molar-refractivity contribution in [3.8, 4) is 27.9 Å². The number of aromatic nitrogens is 2. The molecule has 2 aliphatic rings. The molecular weight excluding hydrogens is 805 g/mol. The Morgan fingerprint density at radius 2 is 1.09 bits per heavy atom. The summed E-state index contributed by atoms with van der Waals surface area (Å²) in [7, 11) is 0. The van der Waals surface area contributed by atoms with Gasteiger partial charge in [-0.15, -0.1) is 0 Å². The SMILES string of the molecule is CC1(C)c2ccccc2-c2cc3c4cc(-c5ccc6c(c5)c5cc7c(cc5n6-c5ccccc5)oc5ccccc57)ccc4n(C4N=C(c5ccccc5)C=C(c5ccccc5)N4)c3cc21. The van der Waals surface area contributed by atoms with Gasteiger partial charge in [0.2, 0.25) is 6.29 Å². The third kappa shape index (κ3) is 5.37. The highest BCUT2D eigenvalue weighted by atomic mass is 16.3. The number of fused-ring (bicyclic) bond motifs is 12. The van der Waals surface area contributed by atoms with E-state index < -0.39 is 6.29 Å². The quantitative estimate of drug-likeness (QED) is 0.188. The molecule has 1 unspecified atom stereocenters. The highest BCUT2D eigenvalue weighted by Crippen LogP contribution is 2.51. The highest BCUT2D eigenvalue weighted by molar-refractivity contribution is 6.19. The molecule has 1 aliphatic carbocycles. The van der Waals surface area contributed by atoms with Gasteiger partial charge in [0.1, 0.15) is 11.2 Å². The number of allylic oxidation sites excluding steroid dienone is 1. The van der Waals surface area contributed by atoms with Crippen molar-refractivity contribution in [1.82, 2.24) is 14.5 Å². The van der Waals surface area contributed by atoms with Gasteiger partial charge in [0.05, 0.1) is 27.8 Å². The highest BCUT2D eigenvalue weighted by Gasteiger charge is 2.37. The van der Waals surface area contributed by atoms with Gasteiger partial charge in [-0.1, -0.05) is 147 Å². The fraction of sp³-hybridized carbons (Fsp3) is 0.0656. The number of nitrogens with zero attached hydrogens (tertiary/aromatic N) is 3. The van der Waals surface area contributed by atoms with Crippen molar-refractivity contribution >= 4 is 77.0 Å². The number of furan rings is 1. The standard InChI is InChI=1S/C61H42N4O/c1-61(2)50-24-14-12-22-42(50)44-32-47-46-31-40(27-29-55(46)65(56(47)34-51(44)61)60-62-52(37-16-6-3-7-17-37)35-53(63-60)38-18-8-4-9-19-38)39-26-28-54-45(30-39)48-33-49-43-23-13-15-25-58(43)66-59(49)36-57(48)64(54)41-20-10-5-11-21-41/h3-36,60,62H,1-2H3. The first-order valence-electron chi connectivity index (χ1n) is 22.8. The number of hydrogen-bond donors (Lipinski definition) is 1. The number of nitrogens with one attached hydrogen (secondary N) is 1. The summed E-state index contributed by atoms with van der Waals surface area (Å²) in [5.74, 6) is 0. The molecule has 3 aromatic heterocycles. The van der Waals surface area contributed by atoms with Gasteiger partial charge >= 0.3 is 0 Å². The van der Waals surface area contributed by atoms with Crippen LogP contribution in [0.25, 0.3) is 99.2 Å². The average Bonchev–Trinajstić information content (AvgIpc) is 4.07. The Balaban J connectivity index is 1.01. The summed E-state index contributed by atoms with van der Waals surface area (Å²) in [5.41, 5.74) is 19.1. The molecule has 0 amide bonds. The predicted molar refractivity (Wildman–Crippen MR) is 274 cm³/mol. The first-order valence-corrected chi connectivity index (χ1v) is 22.8. The monoisotopic (exact) mass is 846 g/mol. The molecular formula is C61H42N4O. The van der Waals surface area contributed by atoms with E-state index in [2.05, 4.69) is 228 Å². The normalized spacial score (nSPS) is 15.4. The minimum absolute atomic E-state index is 0.164. The van der Waals surface area contributed by atoms with Crippen LogP contribution in [0.5, 0.6) is 0 Å². The molecule has 14 rings (SSSR count). The van der Waals surface area contributed by atoms with Crippen LogP contribution in [0.4, 0.5) is 0 Å². The molecule has 0 saturated carbocycles. The number of para-hydroxylation sites is 2. The molecule has 0 spiro atoms. The van der Waals surface area contributed by atoms with Crippen LogP contribution in [0.15, 0.2) is 216 Å². The third-order valence-corrected chi connectivity index (χ3v) is 14.3. The maximum Gasteiger partial charge on any atom is 0.201 e. The fourth-order valence-electron chi connectivity index (χ4n) is 11.2. The topological polar surface area (TPSA) is 47.4 Å². The van der Waals surface area contributed by atoms with Crippen LogP contribution in [0, 0.1) is 0 Å². The van der Waals surface area contributed by atoms with Crippen LogP contribution in [0.2, 0.25) is 0 Å². The van der Waals surface area contributed by atoms with E-state index in [-0.39, 0.29) is 5.41 Å². The summed E-state index contributed by atoms with van der Waals surface area (Å²) in [6.07, 6.45) is 1.78. The van der Waals surface area contributed by atoms with Crippen molar-refractivity contribution in [3.05, 3.63) is 229 Å². The molecule has 12 aromatic rings. The van der Waals surface area contributed by atoms with Crippen LogP contribution < -0.4 is 5.32 Å². The third-order valence-electron chi connectivity index (χ3n) is 14.3. The molecule has 1 N–H and O–H groups in total. The van der Waals surface area contributed by atoms with Crippen LogP contribution >= 0.6 is 0 Å². The summed E-state index contributed by atoms with van der Waals surface area (Å²) < 4.78 is 11.3. The second-order valence-electron chi connectivity index (χ2n) is 18.4. The van der Waals surface area contributed by atoms with Gasteiger partial charge in [0.25, 0.3) is 0 Å². The van der Waals surface area contributed by atoms with Crippen molar-refractivity contribution in [2.24, 2.45) is 4.99 Å². The lowest BCUT2D eigenvalue weighted by molar-refractivity contribution is 0.508. The average molecular weight is 847 g/mol. The Hall–Kier alpha value is -8.41. The second kappa shape index (κ2) is 13.8. The molecule has 0 fully saturated rings. The van der Waals surface area contributed by atoms with Crippen molar-refractivity contribution in [3.63, 3.8) is 0 Å². The maximum atomic E-state index is 6.45. The van der Waals surface area contributed by atoms with E-state index in [9.17, 15) is 0 Å². The molecule has 1 atom stereocenters. The zero-order valence-corrected chi connectivity index (χ0v) is 36.5. The van der Waals surface area contributed by atoms with Crippen LogP contribution in [0.3, 0.4) is 0 Å². The zero-order valence-electron chi connectivity index (χ0n) is 36.5. The van der Waals surface area contributed by atoms with Crippen molar-refractivity contribution < 1.29 is 4.42 Å². The molecule has 1 aliphatic heterocycles. The van der Waals surface area contributed by atoms with Crippen molar-refractivity contribution in [2.75, 3.05) is 0 Å². The minimum atomic E-state index is -0.410. The minimum Gasteiger partial charge on any atom is -0.456 e. The van der Waals surface area contributed by atoms with E-state index in [0.29, 0.717) is 0 Å². The summed E-state index contributed by atoms with van der Waals surface area (Å²) in [4.78, 5) is 5.53. The fourth-order valence-corrected chi connectivity index (χ4v) is 11.2. The van der Waals surface area contributed by atoms with Gasteiger partial charge in [-0.3, -0.25) is 0 Å². The predicted octanol–water partition coefficient (Wildman–Crippen LogP) is 15.4. The maximum absolute atomic E-state index is 6.45. The van der Waals surface area contributed by atoms with Crippen molar-refractivity contribution in [2.45, 2.75) is 25.6 Å². The van der Waals surface area contributed by atoms with Gasteiger partial charge in [-0.25, -0.2) is 4.99 Å². The van der Waals surface area contributed by atoms with E-state index in [0.717, 1.165) is 83.4 Å². The van der Waals surface area contributed by atoms with Crippen LogP contribution in [0.1, 0.15) is 42.4 Å². The van der Waals surface area contributed by atoms with E-state index in [1.807, 2.05) is 6.07 Å².